The van der Waals surface area contributed by atoms with E-state index in [-0.39, 0.29) is 10.7 Å². The Kier molecular flexibility index (Phi) is 4.94. The molecule has 1 aromatic rings. The van der Waals surface area contributed by atoms with E-state index in [0.29, 0.717) is 11.3 Å². The van der Waals surface area contributed by atoms with E-state index in [1.807, 2.05) is 36.9 Å². The van der Waals surface area contributed by atoms with Crippen LogP contribution in [0.4, 0.5) is 5.69 Å². The number of carbonyl (C=O) groups is 1. The van der Waals surface area contributed by atoms with Crippen LogP contribution in [0.15, 0.2) is 18.2 Å². The van der Waals surface area contributed by atoms with E-state index >= 15 is 0 Å². The van der Waals surface area contributed by atoms with E-state index in [2.05, 4.69) is 17.0 Å². The molecule has 2 rings (SSSR count). The molecule has 0 aromatic heterocycles. The predicted molar refractivity (Wildman–Crippen MR) is 86.0 cm³/mol. The zero-order chi connectivity index (χ0) is 14.6. The minimum Gasteiger partial charge on any atom is -0.351 e. The summed E-state index contributed by atoms with van der Waals surface area (Å²) in [5.41, 5.74) is 4.92. The van der Waals surface area contributed by atoms with Crippen molar-refractivity contribution >= 4 is 23.4 Å². The van der Waals surface area contributed by atoms with Crippen molar-refractivity contribution in [3.63, 3.8) is 0 Å². The van der Waals surface area contributed by atoms with Gasteiger partial charge in [0.05, 0.1) is 11.3 Å². The number of thioether (sulfide) groups is 1. The van der Waals surface area contributed by atoms with Gasteiger partial charge in [-0.25, -0.2) is 0 Å². The summed E-state index contributed by atoms with van der Waals surface area (Å²) in [7, 11) is 0. The van der Waals surface area contributed by atoms with E-state index in [1.54, 1.807) is 0 Å². The zero-order valence-corrected chi connectivity index (χ0v) is 13.0. The molecule has 0 saturated heterocycles. The molecule has 110 valence electrons. The van der Waals surface area contributed by atoms with Crippen LogP contribution in [0.2, 0.25) is 0 Å². The SMILES string of the molecule is CSC1(CNC(=O)c2cc(C)ccc2NN)CCCC1. The monoisotopic (exact) mass is 293 g/mol. The van der Waals surface area contributed by atoms with Crippen LogP contribution in [0.3, 0.4) is 0 Å². The molecule has 1 aliphatic carbocycles. The summed E-state index contributed by atoms with van der Waals surface area (Å²) < 4.78 is 0.218. The lowest BCUT2D eigenvalue weighted by atomic mass is 10.1. The van der Waals surface area contributed by atoms with Crippen LogP contribution in [0.5, 0.6) is 0 Å². The molecule has 5 heteroatoms. The number of aryl methyl sites for hydroxylation is 1. The summed E-state index contributed by atoms with van der Waals surface area (Å²) in [4.78, 5) is 12.4. The number of anilines is 1. The van der Waals surface area contributed by atoms with Gasteiger partial charge in [0.25, 0.3) is 5.91 Å². The van der Waals surface area contributed by atoms with Gasteiger partial charge in [-0.05, 0) is 38.2 Å². The first-order valence-electron chi connectivity index (χ1n) is 7.01. The molecule has 4 N–H and O–H groups in total. The van der Waals surface area contributed by atoms with Crippen molar-refractivity contribution in [3.05, 3.63) is 29.3 Å². The third-order valence-electron chi connectivity index (χ3n) is 4.09. The highest BCUT2D eigenvalue weighted by Crippen LogP contribution is 2.39. The normalized spacial score (nSPS) is 16.9. The minimum absolute atomic E-state index is 0.0537. The van der Waals surface area contributed by atoms with Gasteiger partial charge < -0.3 is 10.7 Å². The summed E-state index contributed by atoms with van der Waals surface area (Å²) in [5, 5.41) is 3.08. The van der Waals surface area contributed by atoms with Crippen LogP contribution in [0.1, 0.15) is 41.6 Å². The Morgan fingerprint density at radius 1 is 1.40 bits per heavy atom. The van der Waals surface area contributed by atoms with Crippen molar-refractivity contribution in [2.75, 3.05) is 18.2 Å². The van der Waals surface area contributed by atoms with Crippen LogP contribution in [-0.2, 0) is 0 Å². The summed E-state index contributed by atoms with van der Waals surface area (Å²) in [6.07, 6.45) is 7.03. The highest BCUT2D eigenvalue weighted by Gasteiger charge is 2.33. The molecular weight excluding hydrogens is 270 g/mol. The quantitative estimate of drug-likeness (QED) is 0.577. The molecule has 1 aromatic carbocycles. The lowest BCUT2D eigenvalue weighted by Gasteiger charge is -2.27. The fourth-order valence-corrected chi connectivity index (χ4v) is 3.69. The minimum atomic E-state index is -0.0537. The second-order valence-corrected chi connectivity index (χ2v) is 6.74. The van der Waals surface area contributed by atoms with Gasteiger partial charge >= 0.3 is 0 Å². The molecule has 1 aliphatic rings. The molecule has 0 atom stereocenters. The highest BCUT2D eigenvalue weighted by atomic mass is 32.2. The second kappa shape index (κ2) is 6.50. The highest BCUT2D eigenvalue weighted by molar-refractivity contribution is 8.00. The average molecular weight is 293 g/mol. The van der Waals surface area contributed by atoms with Crippen LogP contribution in [-0.4, -0.2) is 23.5 Å². The largest absolute Gasteiger partial charge is 0.351 e. The molecule has 1 fully saturated rings. The Balaban J connectivity index is 2.06. The van der Waals surface area contributed by atoms with Gasteiger partial charge in [0.15, 0.2) is 0 Å². The first kappa shape index (κ1) is 15.2. The van der Waals surface area contributed by atoms with Gasteiger partial charge in [-0.2, -0.15) is 11.8 Å². The lowest BCUT2D eigenvalue weighted by molar-refractivity contribution is 0.0950. The third-order valence-corrected chi connectivity index (χ3v) is 5.51. The average Bonchev–Trinajstić information content (AvgIpc) is 2.94. The molecule has 0 spiro atoms. The lowest BCUT2D eigenvalue weighted by Crippen LogP contribution is -2.38. The molecule has 0 heterocycles. The molecule has 0 unspecified atom stereocenters. The number of hydrazine groups is 1. The molecule has 1 saturated carbocycles. The number of benzene rings is 1. The molecule has 20 heavy (non-hydrogen) atoms. The summed E-state index contributed by atoms with van der Waals surface area (Å²) in [6, 6.07) is 5.64. The van der Waals surface area contributed by atoms with E-state index in [4.69, 9.17) is 5.84 Å². The van der Waals surface area contributed by atoms with E-state index in [9.17, 15) is 4.79 Å². The number of nitrogens with one attached hydrogen (secondary N) is 2. The van der Waals surface area contributed by atoms with Crippen molar-refractivity contribution in [3.8, 4) is 0 Å². The number of nitrogens with two attached hydrogens (primary N) is 1. The van der Waals surface area contributed by atoms with Gasteiger partial charge in [-0.3, -0.25) is 10.6 Å². The van der Waals surface area contributed by atoms with Gasteiger partial charge in [0.1, 0.15) is 0 Å². The van der Waals surface area contributed by atoms with Gasteiger partial charge in [0.2, 0.25) is 0 Å². The van der Waals surface area contributed by atoms with E-state index < -0.39 is 0 Å². The number of carbonyl (C=O) groups excluding carboxylic acids is 1. The number of hydrogen-bond acceptors (Lipinski definition) is 4. The fourth-order valence-electron chi connectivity index (χ4n) is 2.78. The summed E-state index contributed by atoms with van der Waals surface area (Å²) in [6.45, 7) is 2.70. The molecular formula is C15H23N3OS. The fraction of sp³-hybridized carbons (Fsp3) is 0.533. The second-order valence-electron chi connectivity index (χ2n) is 5.47. The Hall–Kier alpha value is -1.20. The van der Waals surface area contributed by atoms with Crippen LogP contribution < -0.4 is 16.6 Å². The Bertz CT molecular complexity index is 484. The van der Waals surface area contributed by atoms with Gasteiger partial charge in [-0.1, -0.05) is 24.5 Å². The van der Waals surface area contributed by atoms with Crippen LogP contribution in [0, 0.1) is 6.92 Å². The number of hydrogen-bond donors (Lipinski definition) is 3. The van der Waals surface area contributed by atoms with Gasteiger partial charge in [-0.15, -0.1) is 0 Å². The first-order valence-corrected chi connectivity index (χ1v) is 8.23. The van der Waals surface area contributed by atoms with Crippen molar-refractivity contribution < 1.29 is 4.79 Å². The van der Waals surface area contributed by atoms with E-state index in [1.165, 1.54) is 25.7 Å². The Labute approximate surface area is 124 Å². The molecule has 0 aliphatic heterocycles. The van der Waals surface area contributed by atoms with Gasteiger partial charge in [0, 0.05) is 11.3 Å². The van der Waals surface area contributed by atoms with E-state index in [0.717, 1.165) is 12.1 Å². The first-order chi connectivity index (χ1) is 9.60. The number of amides is 1. The molecule has 1 amide bonds. The molecule has 0 bridgehead atoms. The van der Waals surface area contributed by atoms with Crippen molar-refractivity contribution in [2.45, 2.75) is 37.4 Å². The van der Waals surface area contributed by atoms with Crippen molar-refractivity contribution in [2.24, 2.45) is 5.84 Å². The topological polar surface area (TPSA) is 67.2 Å². The maximum Gasteiger partial charge on any atom is 0.253 e. The number of rotatable bonds is 5. The van der Waals surface area contributed by atoms with Crippen molar-refractivity contribution in [1.29, 1.82) is 0 Å². The Morgan fingerprint density at radius 2 is 2.10 bits per heavy atom. The number of nitrogen functional groups attached to an aromatic ring is 1. The predicted octanol–water partition coefficient (Wildman–Crippen LogP) is 2.69. The molecule has 0 radical (unpaired) electrons. The Morgan fingerprint density at radius 3 is 2.70 bits per heavy atom. The summed E-state index contributed by atoms with van der Waals surface area (Å²) in [5.74, 6) is 5.42. The smallest absolute Gasteiger partial charge is 0.253 e. The summed E-state index contributed by atoms with van der Waals surface area (Å²) >= 11 is 1.88. The standard InChI is InChI=1S/C15H23N3OS/c1-11-5-6-13(18-16)12(9-11)14(19)17-10-15(20-2)7-3-4-8-15/h5-6,9,18H,3-4,7-8,10,16H2,1-2H3,(H,17,19). The maximum atomic E-state index is 12.4. The third kappa shape index (κ3) is 3.27. The van der Waals surface area contributed by atoms with Crippen LogP contribution in [0.25, 0.3) is 0 Å². The maximum absolute atomic E-state index is 12.4. The van der Waals surface area contributed by atoms with Crippen molar-refractivity contribution in [1.82, 2.24) is 5.32 Å². The zero-order valence-electron chi connectivity index (χ0n) is 12.2. The molecule has 4 nitrogen and oxygen atoms in total. The van der Waals surface area contributed by atoms with Crippen LogP contribution >= 0.6 is 11.8 Å².